The highest BCUT2D eigenvalue weighted by molar-refractivity contribution is 5.91. The van der Waals surface area contributed by atoms with Gasteiger partial charge >= 0.3 is 17.9 Å². The number of fused-ring (bicyclic) bond motifs is 1. The highest BCUT2D eigenvalue weighted by Gasteiger charge is 2.59. The molecule has 3 aliphatic rings. The van der Waals surface area contributed by atoms with Crippen molar-refractivity contribution in [1.82, 2.24) is 0 Å². The van der Waals surface area contributed by atoms with E-state index in [4.69, 9.17) is 42.6 Å². The van der Waals surface area contributed by atoms with Gasteiger partial charge in [0.05, 0.1) is 23.3 Å². The van der Waals surface area contributed by atoms with Crippen molar-refractivity contribution < 1.29 is 62.1 Å². The minimum absolute atomic E-state index is 0.238. The molecule has 3 saturated heterocycles. The minimum atomic E-state index is -1.41. The second-order valence-corrected chi connectivity index (χ2v) is 15.9. The molecule has 13 heteroatoms. The number of rotatable bonds is 22. The van der Waals surface area contributed by atoms with Gasteiger partial charge in [0, 0.05) is 6.61 Å². The molecule has 0 amide bonds. The zero-order chi connectivity index (χ0) is 42.3. The van der Waals surface area contributed by atoms with Crippen molar-refractivity contribution in [3.8, 4) is 0 Å². The van der Waals surface area contributed by atoms with Gasteiger partial charge in [-0.2, -0.15) is 0 Å². The summed E-state index contributed by atoms with van der Waals surface area (Å²) in [6, 6.07) is 25.1. The van der Waals surface area contributed by atoms with E-state index >= 15 is 0 Å². The molecular formula is C47H60O13. The number of benzene rings is 3. The van der Waals surface area contributed by atoms with E-state index in [1.54, 1.807) is 105 Å². The average Bonchev–Trinajstić information content (AvgIpc) is 3.77. The quantitative estimate of drug-likeness (QED) is 0.0602. The number of aliphatic hydroxyl groups is 1. The van der Waals surface area contributed by atoms with E-state index in [-0.39, 0.29) is 24.3 Å². The number of aliphatic hydroxyl groups excluding tert-OH is 1. The van der Waals surface area contributed by atoms with Crippen LogP contribution in [0.15, 0.2) is 91.0 Å². The van der Waals surface area contributed by atoms with Crippen molar-refractivity contribution in [2.24, 2.45) is 0 Å². The van der Waals surface area contributed by atoms with E-state index in [2.05, 4.69) is 6.92 Å². The van der Waals surface area contributed by atoms with E-state index in [0.29, 0.717) is 12.2 Å². The maximum Gasteiger partial charge on any atom is 0.338 e. The van der Waals surface area contributed by atoms with Crippen molar-refractivity contribution in [3.63, 3.8) is 0 Å². The SMILES string of the molecule is CCCCCCCCCCCCO[C@@H]1O[C@H](CO)[C@@H]2OC(C)(C)O[C@@H]2[C@H]1O[C@@H]1O[C@@H](COC(=O)c2ccccc2)[C@H](OC(=O)c2ccccc2)[C@H]1OC(=O)c1ccccc1. The van der Waals surface area contributed by atoms with Gasteiger partial charge in [0.25, 0.3) is 0 Å². The third-order valence-electron chi connectivity index (χ3n) is 10.8. The molecule has 3 aromatic carbocycles. The molecule has 13 nitrogen and oxygen atoms in total. The molecular weight excluding hydrogens is 773 g/mol. The average molecular weight is 833 g/mol. The van der Waals surface area contributed by atoms with E-state index in [0.717, 1.165) is 25.7 Å². The van der Waals surface area contributed by atoms with Crippen LogP contribution in [0, 0.1) is 0 Å². The molecule has 6 rings (SSSR count). The van der Waals surface area contributed by atoms with E-state index < -0.39 is 79.0 Å². The Bertz CT molecular complexity index is 1760. The van der Waals surface area contributed by atoms with E-state index in [1.165, 1.54) is 38.5 Å². The summed E-state index contributed by atoms with van der Waals surface area (Å²) in [4.78, 5) is 40.6. The number of esters is 3. The van der Waals surface area contributed by atoms with Crippen molar-refractivity contribution in [3.05, 3.63) is 108 Å². The molecule has 1 N–H and O–H groups in total. The predicted octanol–water partition coefficient (Wildman–Crippen LogP) is 7.58. The zero-order valence-electron chi connectivity index (χ0n) is 34.9. The summed E-state index contributed by atoms with van der Waals surface area (Å²) in [6.45, 7) is 5.32. The Balaban J connectivity index is 1.24. The maximum absolute atomic E-state index is 13.8. The molecule has 0 radical (unpaired) electrons. The number of ether oxygens (including phenoxy) is 9. The van der Waals surface area contributed by atoms with E-state index in [1.807, 2.05) is 0 Å². The molecule has 0 aliphatic carbocycles. The maximum atomic E-state index is 13.8. The largest absolute Gasteiger partial charge is 0.459 e. The molecule has 3 heterocycles. The van der Waals surface area contributed by atoms with Crippen molar-refractivity contribution in [2.75, 3.05) is 19.8 Å². The molecule has 0 spiro atoms. The first-order valence-corrected chi connectivity index (χ1v) is 21.5. The first kappa shape index (κ1) is 45.3. The summed E-state index contributed by atoms with van der Waals surface area (Å²) < 4.78 is 56.4. The van der Waals surface area contributed by atoms with Gasteiger partial charge in [-0.1, -0.05) is 119 Å². The Hall–Kier alpha value is -4.21. The van der Waals surface area contributed by atoms with Crippen molar-refractivity contribution >= 4 is 17.9 Å². The number of carbonyl (C=O) groups excluding carboxylic acids is 3. The molecule has 9 atom stereocenters. The summed E-state index contributed by atoms with van der Waals surface area (Å²) in [5.74, 6) is -3.15. The molecule has 326 valence electrons. The normalized spacial score (nSPS) is 26.9. The first-order chi connectivity index (χ1) is 29.2. The predicted molar refractivity (Wildman–Crippen MR) is 219 cm³/mol. The monoisotopic (exact) mass is 832 g/mol. The van der Waals surface area contributed by atoms with Crippen molar-refractivity contribution in [1.29, 1.82) is 0 Å². The minimum Gasteiger partial charge on any atom is -0.459 e. The third-order valence-corrected chi connectivity index (χ3v) is 10.8. The Morgan fingerprint density at radius 1 is 0.583 bits per heavy atom. The van der Waals surface area contributed by atoms with Crippen LogP contribution in [0.4, 0.5) is 0 Å². The summed E-state index contributed by atoms with van der Waals surface area (Å²) in [5, 5.41) is 10.4. The Morgan fingerprint density at radius 2 is 1.07 bits per heavy atom. The van der Waals surface area contributed by atoms with Crippen LogP contribution < -0.4 is 0 Å². The molecule has 0 bridgehead atoms. The Morgan fingerprint density at radius 3 is 1.62 bits per heavy atom. The molecule has 3 fully saturated rings. The number of hydrogen-bond acceptors (Lipinski definition) is 13. The van der Waals surface area contributed by atoms with Gasteiger partial charge in [0.1, 0.15) is 37.1 Å². The van der Waals surface area contributed by atoms with Crippen LogP contribution in [0.3, 0.4) is 0 Å². The van der Waals surface area contributed by atoms with Gasteiger partial charge in [-0.3, -0.25) is 0 Å². The fourth-order valence-corrected chi connectivity index (χ4v) is 7.76. The summed E-state index contributed by atoms with van der Waals surface area (Å²) in [5.41, 5.74) is 0.787. The Labute approximate surface area is 352 Å². The van der Waals surface area contributed by atoms with Gasteiger partial charge < -0.3 is 47.7 Å². The van der Waals surface area contributed by atoms with Crippen LogP contribution in [0.5, 0.6) is 0 Å². The lowest BCUT2D eigenvalue weighted by Crippen LogP contribution is -2.60. The molecule has 3 aromatic rings. The van der Waals surface area contributed by atoms with E-state index in [9.17, 15) is 19.5 Å². The number of unbranched alkanes of at least 4 members (excludes halogenated alkanes) is 9. The molecule has 0 unspecified atom stereocenters. The number of hydrogen-bond donors (Lipinski definition) is 1. The summed E-state index contributed by atoms with van der Waals surface area (Å²) >= 11 is 0. The summed E-state index contributed by atoms with van der Waals surface area (Å²) in [7, 11) is 0. The van der Waals surface area contributed by atoms with Gasteiger partial charge in [-0.25, -0.2) is 14.4 Å². The second-order valence-electron chi connectivity index (χ2n) is 15.9. The van der Waals surface area contributed by atoms with Gasteiger partial charge in [0.2, 0.25) is 0 Å². The molecule has 60 heavy (non-hydrogen) atoms. The molecule has 3 aliphatic heterocycles. The molecule has 0 saturated carbocycles. The van der Waals surface area contributed by atoms with Crippen LogP contribution in [-0.4, -0.2) is 104 Å². The lowest BCUT2D eigenvalue weighted by Gasteiger charge is -2.42. The first-order valence-electron chi connectivity index (χ1n) is 21.5. The topological polar surface area (TPSA) is 155 Å². The van der Waals surface area contributed by atoms with Gasteiger partial charge in [-0.05, 0) is 56.7 Å². The van der Waals surface area contributed by atoms with Crippen LogP contribution in [0.1, 0.15) is 116 Å². The lowest BCUT2D eigenvalue weighted by atomic mass is 9.99. The van der Waals surface area contributed by atoms with Gasteiger partial charge in [0.15, 0.2) is 30.6 Å². The fraction of sp³-hybridized carbons (Fsp3) is 0.553. The fourth-order valence-electron chi connectivity index (χ4n) is 7.76. The third kappa shape index (κ3) is 12.4. The number of carbonyl (C=O) groups is 3. The van der Waals surface area contributed by atoms with Crippen molar-refractivity contribution in [2.45, 2.75) is 146 Å². The summed E-state index contributed by atoms with van der Waals surface area (Å²) in [6.07, 6.45) is 1.82. The van der Waals surface area contributed by atoms with Crippen LogP contribution in [0.25, 0.3) is 0 Å². The van der Waals surface area contributed by atoms with Crippen LogP contribution >= 0.6 is 0 Å². The molecule has 0 aromatic heterocycles. The lowest BCUT2D eigenvalue weighted by molar-refractivity contribution is -0.323. The standard InChI is InChI=1S/C47H60O13/c1-4-5-6-7-8-9-10-11-12-22-29-52-45-41(39-38(35(30-48)54-45)59-47(2,3)60-39)58-46-40(57-44(51)34-27-20-15-21-28-34)37(56-43(50)33-25-18-14-19-26-33)36(55-46)31-53-42(49)32-23-16-13-17-24-32/h13-21,23-28,35-41,45-46,48H,4-12,22,29-31H2,1-3H3/t35-,36+,37+,38+,39+,40-,41-,45-,46+/m1/s1. The van der Waals surface area contributed by atoms with Crippen LogP contribution in [0.2, 0.25) is 0 Å². The highest BCUT2D eigenvalue weighted by Crippen LogP contribution is 2.41. The van der Waals surface area contributed by atoms with Crippen LogP contribution in [-0.2, 0) is 42.6 Å². The smallest absolute Gasteiger partial charge is 0.338 e. The highest BCUT2D eigenvalue weighted by atomic mass is 16.8. The Kier molecular flexibility index (Phi) is 17.1. The van der Waals surface area contributed by atoms with Gasteiger partial charge in [-0.15, -0.1) is 0 Å². The second kappa shape index (κ2) is 22.6. The zero-order valence-corrected chi connectivity index (χ0v) is 34.9.